The molecule has 1 fully saturated rings. The van der Waals surface area contributed by atoms with Gasteiger partial charge >= 0.3 is 0 Å². The molecule has 4 rings (SSSR count). The van der Waals surface area contributed by atoms with Crippen LogP contribution in [0.2, 0.25) is 0 Å². The molecule has 1 aromatic heterocycles. The number of nitrogens with one attached hydrogen (secondary N) is 13. The number of hydrogen-bond donors (Lipinski definition) is 19. The highest BCUT2D eigenvalue weighted by atomic mass is 16.3. The van der Waals surface area contributed by atoms with Crippen LogP contribution in [-0.4, -0.2) is 149 Å². The number of nitrogens with two attached hydrogens (primary N) is 4. The lowest BCUT2D eigenvalue weighted by Gasteiger charge is -2.32. The summed E-state index contributed by atoms with van der Waals surface area (Å²) < 4.78 is 0. The number of carbonyl (C=O) groups excluding carboxylic acids is 8. The molecule has 0 spiro atoms. The second-order valence-corrected chi connectivity index (χ2v) is 18.6. The Morgan fingerprint density at radius 1 is 0.763 bits per heavy atom. The van der Waals surface area contributed by atoms with Gasteiger partial charge in [0.1, 0.15) is 30.6 Å². The number of aliphatic hydroxyl groups excluding tert-OH is 2. The van der Waals surface area contributed by atoms with Crippen molar-refractivity contribution in [3.8, 4) is 0 Å². The van der Waals surface area contributed by atoms with Crippen molar-refractivity contribution in [3.05, 3.63) is 71.9 Å². The molecule has 0 saturated carbocycles. The summed E-state index contributed by atoms with van der Waals surface area (Å²) in [5.41, 5.74) is 24.2. The van der Waals surface area contributed by atoms with Crippen molar-refractivity contribution >= 4 is 70.1 Å². The smallest absolute Gasteiger partial charge is 0.243 e. The van der Waals surface area contributed by atoms with Crippen LogP contribution in [0, 0.1) is 10.8 Å². The van der Waals surface area contributed by atoms with Crippen LogP contribution < -0.4 is 76.1 Å². The van der Waals surface area contributed by atoms with Gasteiger partial charge in [0.05, 0.1) is 30.6 Å². The van der Waals surface area contributed by atoms with Crippen LogP contribution in [0.4, 0.5) is 0 Å². The van der Waals surface area contributed by atoms with E-state index in [1.165, 1.54) is 6.92 Å². The molecule has 0 aliphatic carbocycles. The number of guanidine groups is 2. The molecular weight excluding hydrogens is 987 g/mol. The highest BCUT2D eigenvalue weighted by Crippen LogP contribution is 2.20. The van der Waals surface area contributed by atoms with E-state index < -0.39 is 108 Å². The van der Waals surface area contributed by atoms with E-state index in [4.69, 9.17) is 33.8 Å². The van der Waals surface area contributed by atoms with Crippen molar-refractivity contribution in [1.29, 1.82) is 10.8 Å². The molecule has 76 heavy (non-hydrogen) atoms. The minimum absolute atomic E-state index is 0.0165. The minimum atomic E-state index is -1.83. The van der Waals surface area contributed by atoms with Gasteiger partial charge in [0.15, 0.2) is 11.9 Å². The molecule has 27 nitrogen and oxygen atoms in total. The first kappa shape index (κ1) is 60.7. The van der Waals surface area contributed by atoms with E-state index in [-0.39, 0.29) is 95.8 Å². The summed E-state index contributed by atoms with van der Waals surface area (Å²) in [6, 6.07) is 6.58. The van der Waals surface area contributed by atoms with Crippen molar-refractivity contribution in [3.63, 3.8) is 0 Å². The molecule has 0 bridgehead atoms. The molecule has 27 heteroatoms. The van der Waals surface area contributed by atoms with Gasteiger partial charge in [0.2, 0.25) is 47.3 Å². The summed E-state index contributed by atoms with van der Waals surface area (Å²) in [5, 5.41) is 66.2. The standard InChI is InChI=1S/C49H75N17O10/c1-27(67)60-33(16-9-21-57-48(52)53)42(71)66-38-25-40(69)56-20-8-7-15-32(41(51)70)61-46(75)37(24-29-26-59-31-14-6-5-13-30(29)31)65-43(72)34(17-10-22-58-49(54)55)62-45(74)36(23-28-11-3-2-4-12-28)64-44(73)35(63-47(38)76)18-19-39(50)68/h2-6,11-14,26,32-38,42,44,59,64,66,71,73H,7-10,15-25H2,1H3,(H2,50,68)(H2,51,70)(H,56,69)(H,60,67)(H,61,75)(H,62,74)(H,63,76)(H,65,72)(H4,52,53,57)(H4,54,55,58)/t32-,33-,34-,35-,36+,37-,38-,42?,44?/m0/s1. The first-order valence-corrected chi connectivity index (χ1v) is 25.2. The zero-order chi connectivity index (χ0) is 55.7. The van der Waals surface area contributed by atoms with Gasteiger partial charge in [-0.2, -0.15) is 0 Å². The van der Waals surface area contributed by atoms with Gasteiger partial charge in [-0.25, -0.2) is 0 Å². The van der Waals surface area contributed by atoms with E-state index in [0.717, 1.165) is 10.9 Å². The molecule has 1 saturated heterocycles. The van der Waals surface area contributed by atoms with Gasteiger partial charge in [-0.1, -0.05) is 48.5 Å². The number of benzene rings is 2. The van der Waals surface area contributed by atoms with Crippen molar-refractivity contribution < 1.29 is 48.6 Å². The van der Waals surface area contributed by atoms with E-state index >= 15 is 0 Å². The van der Waals surface area contributed by atoms with Crippen molar-refractivity contribution in [2.45, 2.75) is 139 Å². The monoisotopic (exact) mass is 1060 g/mol. The molecule has 2 aromatic carbocycles. The Kier molecular flexibility index (Phi) is 24.8. The Morgan fingerprint density at radius 2 is 1.41 bits per heavy atom. The molecule has 3 aromatic rings. The zero-order valence-electron chi connectivity index (χ0n) is 42.5. The van der Waals surface area contributed by atoms with Crippen molar-refractivity contribution in [2.24, 2.45) is 22.9 Å². The maximum Gasteiger partial charge on any atom is 0.243 e. The lowest BCUT2D eigenvalue weighted by Crippen LogP contribution is -2.62. The number of carbonyl (C=O) groups is 8. The number of H-pyrrole nitrogens is 1. The van der Waals surface area contributed by atoms with Gasteiger partial charge in [-0.15, -0.1) is 0 Å². The molecule has 2 unspecified atom stereocenters. The summed E-state index contributed by atoms with van der Waals surface area (Å²) in [7, 11) is 0. The minimum Gasteiger partial charge on any atom is -0.376 e. The Bertz CT molecular complexity index is 2460. The third kappa shape index (κ3) is 21.2. The molecule has 9 atom stereocenters. The Balaban J connectivity index is 1.77. The third-order valence-corrected chi connectivity index (χ3v) is 12.5. The van der Waals surface area contributed by atoms with Crippen LogP contribution >= 0.6 is 0 Å². The number of aliphatic hydroxyl groups is 2. The number of para-hydroxylation sites is 1. The molecule has 2 heterocycles. The normalized spacial score (nSPS) is 22.5. The largest absolute Gasteiger partial charge is 0.376 e. The lowest BCUT2D eigenvalue weighted by molar-refractivity contribution is -0.134. The van der Waals surface area contributed by atoms with Gasteiger partial charge in [0, 0.05) is 56.5 Å². The maximum atomic E-state index is 14.7. The fraction of sp³-hybridized carbons (Fsp3) is 0.510. The summed E-state index contributed by atoms with van der Waals surface area (Å²) in [6.07, 6.45) is -2.26. The molecule has 416 valence electrons. The van der Waals surface area contributed by atoms with Gasteiger partial charge in [0.25, 0.3) is 0 Å². The van der Waals surface area contributed by atoms with E-state index in [0.29, 0.717) is 17.5 Å². The van der Waals surface area contributed by atoms with E-state index in [1.54, 1.807) is 42.6 Å². The summed E-state index contributed by atoms with van der Waals surface area (Å²) >= 11 is 0. The SMILES string of the molecule is CC(=O)N[C@@H](CCCNC(=N)N)C(O)N[C@H]1CC(=O)NCCCC[C@@H](C(N)=O)NC(=O)[C@H](Cc2c[nH]c3ccccc23)NC(=O)[C@H](CCCNC(=N)N)NC(=O)[C@@H](Cc2ccccc2)NC(O)[C@H](CCC(N)=O)NC1=O. The van der Waals surface area contributed by atoms with Crippen molar-refractivity contribution in [2.75, 3.05) is 19.6 Å². The van der Waals surface area contributed by atoms with Crippen LogP contribution in [0.1, 0.15) is 82.3 Å². The van der Waals surface area contributed by atoms with E-state index in [9.17, 15) is 48.6 Å². The first-order valence-electron chi connectivity index (χ1n) is 25.2. The number of primary amides is 2. The van der Waals surface area contributed by atoms with Crippen LogP contribution in [-0.2, 0) is 51.2 Å². The van der Waals surface area contributed by atoms with Crippen LogP contribution in [0.3, 0.4) is 0 Å². The number of fused-ring (bicyclic) bond motifs is 1. The van der Waals surface area contributed by atoms with Gasteiger partial charge in [-0.3, -0.25) is 59.8 Å². The van der Waals surface area contributed by atoms with E-state index in [1.807, 2.05) is 18.2 Å². The second-order valence-electron chi connectivity index (χ2n) is 18.6. The predicted molar refractivity (Wildman–Crippen MR) is 281 cm³/mol. The van der Waals surface area contributed by atoms with Crippen LogP contribution in [0.5, 0.6) is 0 Å². The number of aromatic amines is 1. The number of aromatic nitrogens is 1. The highest BCUT2D eigenvalue weighted by molar-refractivity contribution is 5.95. The molecule has 23 N–H and O–H groups in total. The second kappa shape index (κ2) is 31.1. The van der Waals surface area contributed by atoms with Crippen LogP contribution in [0.15, 0.2) is 60.8 Å². The predicted octanol–water partition coefficient (Wildman–Crippen LogP) is -4.08. The topological polar surface area (TPSA) is 465 Å². The fourth-order valence-electron chi connectivity index (χ4n) is 8.54. The number of rotatable bonds is 20. The summed E-state index contributed by atoms with van der Waals surface area (Å²) in [6.45, 7) is 1.54. The van der Waals surface area contributed by atoms with Gasteiger partial charge < -0.3 is 80.7 Å². The average Bonchev–Trinajstić information content (AvgIpc) is 3.77. The zero-order valence-corrected chi connectivity index (χ0v) is 42.5. The first-order chi connectivity index (χ1) is 36.2. The maximum absolute atomic E-state index is 14.7. The Morgan fingerprint density at radius 3 is 2.08 bits per heavy atom. The third-order valence-electron chi connectivity index (χ3n) is 12.5. The summed E-state index contributed by atoms with van der Waals surface area (Å²) in [5.74, 6) is -6.87. The molecule has 1 aliphatic rings. The van der Waals surface area contributed by atoms with Gasteiger partial charge in [-0.05, 0) is 75.0 Å². The Labute approximate surface area is 439 Å². The lowest BCUT2D eigenvalue weighted by atomic mass is 10.0. The highest BCUT2D eigenvalue weighted by Gasteiger charge is 2.35. The molecule has 8 amide bonds. The Hall–Kier alpha value is -7.88. The molecular formula is C49H75N17O10. The van der Waals surface area contributed by atoms with E-state index in [2.05, 4.69) is 58.2 Å². The molecule has 1 aliphatic heterocycles. The van der Waals surface area contributed by atoms with Crippen molar-refractivity contribution in [1.82, 2.24) is 58.2 Å². The number of amides is 8. The summed E-state index contributed by atoms with van der Waals surface area (Å²) in [4.78, 5) is 112. The van der Waals surface area contributed by atoms with Crippen LogP contribution in [0.25, 0.3) is 10.9 Å². The average molecular weight is 1060 g/mol. The fourth-order valence-corrected chi connectivity index (χ4v) is 8.54. The quantitative estimate of drug-likeness (QED) is 0.0221. The molecule has 0 radical (unpaired) electrons. The number of hydrogen-bond acceptors (Lipinski definition) is 14.